The molecule has 0 atom stereocenters. The first-order valence-electron chi connectivity index (χ1n) is 2.46. The third kappa shape index (κ3) is 2.54. The molecule has 0 radical (unpaired) electrons. The fourth-order valence-corrected chi connectivity index (χ4v) is 1.27. The van der Waals surface area contributed by atoms with Crippen molar-refractivity contribution < 1.29 is 27.8 Å². The van der Waals surface area contributed by atoms with Gasteiger partial charge in [-0.05, 0) is 0 Å². The molecule has 0 aromatic rings. The second-order valence-corrected chi connectivity index (χ2v) is 2.67. The van der Waals surface area contributed by atoms with Gasteiger partial charge >= 0.3 is 52.3 Å². The summed E-state index contributed by atoms with van der Waals surface area (Å²) < 4.78 is 10.2. The van der Waals surface area contributed by atoms with E-state index in [4.69, 9.17) is 9.47 Å². The van der Waals surface area contributed by atoms with E-state index in [9.17, 15) is 0 Å². The van der Waals surface area contributed by atoms with Crippen LogP contribution < -0.4 is 0 Å². The average Bonchev–Trinajstić information content (AvgIpc) is 2.14. The molecule has 0 N–H and O–H groups in total. The molecule has 1 saturated heterocycles. The Morgan fingerprint density at radius 2 is 1.88 bits per heavy atom. The molecule has 1 rings (SSSR count). The monoisotopic (exact) mass is 231 g/mol. The van der Waals surface area contributed by atoms with Crippen LogP contribution in [0.25, 0.3) is 0 Å². The molecule has 1 heterocycles. The van der Waals surface area contributed by atoms with Crippen molar-refractivity contribution in [2.75, 3.05) is 13.2 Å². The normalized spacial score (nSPS) is 20.8. The summed E-state index contributed by atoms with van der Waals surface area (Å²) in [7, 11) is 0. The van der Waals surface area contributed by atoms with E-state index < -0.39 is 0 Å². The van der Waals surface area contributed by atoms with Crippen LogP contribution in [-0.2, 0) is 27.8 Å². The predicted octanol–water partition coefficient (Wildman–Crippen LogP) is 0.902. The molecule has 0 unspecified atom stereocenters. The van der Waals surface area contributed by atoms with Crippen molar-refractivity contribution in [2.45, 2.75) is 11.3 Å². The van der Waals surface area contributed by atoms with E-state index in [-0.39, 0.29) is 23.3 Å². The Morgan fingerprint density at radius 3 is 2.12 bits per heavy atom. The van der Waals surface area contributed by atoms with Gasteiger partial charge in [0.15, 0.2) is 0 Å². The molecule has 0 aromatic carbocycles. The van der Waals surface area contributed by atoms with Crippen LogP contribution >= 0.6 is 17.0 Å². The van der Waals surface area contributed by atoms with Gasteiger partial charge in [-0.1, -0.05) is 0 Å². The summed E-state index contributed by atoms with van der Waals surface area (Å²) in [6.07, 6.45) is 0.153. The van der Waals surface area contributed by atoms with Gasteiger partial charge in [0.25, 0.3) is 0 Å². The molecule has 0 aromatic heterocycles. The SMILES string of the molecule is Br.[Zn][CH2]C1OCCO1. The summed E-state index contributed by atoms with van der Waals surface area (Å²) in [6, 6.07) is 0. The van der Waals surface area contributed by atoms with Gasteiger partial charge in [0.1, 0.15) is 0 Å². The predicted molar refractivity (Wildman–Crippen MR) is 30.8 cm³/mol. The van der Waals surface area contributed by atoms with E-state index in [2.05, 4.69) is 0 Å². The minimum absolute atomic E-state index is 0. The minimum atomic E-state index is 0. The fourth-order valence-electron chi connectivity index (χ4n) is 0.574. The Bertz CT molecular complexity index is 56.0. The molecule has 2 nitrogen and oxygen atoms in total. The fraction of sp³-hybridized carbons (Fsp3) is 1.00. The van der Waals surface area contributed by atoms with Gasteiger partial charge in [-0.2, -0.15) is 0 Å². The Balaban J connectivity index is 0.000000490. The second-order valence-electron chi connectivity index (χ2n) is 1.46. The van der Waals surface area contributed by atoms with Crippen LogP contribution in [0.15, 0.2) is 0 Å². The Morgan fingerprint density at radius 1 is 1.38 bits per heavy atom. The molecule has 0 saturated carbocycles. The summed E-state index contributed by atoms with van der Waals surface area (Å²) in [5.74, 6) is 0. The van der Waals surface area contributed by atoms with Gasteiger partial charge < -0.3 is 0 Å². The molecular formula is C4H8BrO2Zn. The van der Waals surface area contributed by atoms with Crippen molar-refractivity contribution >= 4 is 17.0 Å². The molecule has 8 heavy (non-hydrogen) atoms. The first-order valence-corrected chi connectivity index (χ1v) is 4.56. The van der Waals surface area contributed by atoms with Crippen molar-refractivity contribution in [3.63, 3.8) is 0 Å². The first kappa shape index (κ1) is 9.02. The van der Waals surface area contributed by atoms with Crippen molar-refractivity contribution in [3.05, 3.63) is 0 Å². The van der Waals surface area contributed by atoms with Gasteiger partial charge in [-0.3, -0.25) is 0 Å². The molecule has 1 aliphatic rings. The second kappa shape index (κ2) is 4.86. The number of hydrogen-bond donors (Lipinski definition) is 0. The van der Waals surface area contributed by atoms with E-state index >= 15 is 0 Å². The van der Waals surface area contributed by atoms with Crippen LogP contribution in [0.4, 0.5) is 0 Å². The summed E-state index contributed by atoms with van der Waals surface area (Å²) in [4.78, 5) is 0. The molecule has 0 amide bonds. The zero-order chi connectivity index (χ0) is 5.11. The van der Waals surface area contributed by atoms with E-state index in [0.717, 1.165) is 18.2 Å². The van der Waals surface area contributed by atoms with Crippen LogP contribution in [0.5, 0.6) is 0 Å². The van der Waals surface area contributed by atoms with Crippen LogP contribution in [0.1, 0.15) is 0 Å². The third-order valence-corrected chi connectivity index (χ3v) is 1.92. The Labute approximate surface area is 69.4 Å². The maximum absolute atomic E-state index is 5.11. The molecule has 1 aliphatic heterocycles. The average molecular weight is 233 g/mol. The van der Waals surface area contributed by atoms with Gasteiger partial charge in [-0.15, -0.1) is 17.0 Å². The van der Waals surface area contributed by atoms with Gasteiger partial charge in [0, 0.05) is 0 Å². The third-order valence-electron chi connectivity index (χ3n) is 0.927. The van der Waals surface area contributed by atoms with Gasteiger partial charge in [0.2, 0.25) is 0 Å². The molecule has 1 fully saturated rings. The summed E-state index contributed by atoms with van der Waals surface area (Å²) in [6.45, 7) is 1.59. The van der Waals surface area contributed by atoms with Crippen LogP contribution in [0.2, 0.25) is 5.02 Å². The van der Waals surface area contributed by atoms with E-state index in [1.165, 1.54) is 18.3 Å². The Kier molecular flexibility index (Phi) is 5.48. The molecular weight excluding hydrogens is 225 g/mol. The number of rotatable bonds is 1. The number of halogens is 1. The zero-order valence-corrected chi connectivity index (χ0v) is 9.31. The first-order chi connectivity index (χ1) is 3.43. The van der Waals surface area contributed by atoms with E-state index in [1.807, 2.05) is 0 Å². The number of hydrogen-bond acceptors (Lipinski definition) is 2. The Hall–Kier alpha value is 1.02. The van der Waals surface area contributed by atoms with Gasteiger partial charge in [-0.25, -0.2) is 0 Å². The molecule has 0 aliphatic carbocycles. The number of ether oxygens (including phenoxy) is 2. The summed E-state index contributed by atoms with van der Waals surface area (Å²) in [5, 5.41) is 1.10. The van der Waals surface area contributed by atoms with E-state index in [0.29, 0.717) is 0 Å². The summed E-state index contributed by atoms with van der Waals surface area (Å²) in [5.41, 5.74) is 0. The quantitative estimate of drug-likeness (QED) is 0.627. The van der Waals surface area contributed by atoms with Crippen molar-refractivity contribution in [3.8, 4) is 0 Å². The van der Waals surface area contributed by atoms with Crippen LogP contribution in [-0.4, -0.2) is 19.5 Å². The zero-order valence-electron chi connectivity index (χ0n) is 4.63. The topological polar surface area (TPSA) is 18.5 Å². The van der Waals surface area contributed by atoms with Crippen LogP contribution in [0, 0.1) is 0 Å². The van der Waals surface area contributed by atoms with Crippen molar-refractivity contribution in [2.24, 2.45) is 0 Å². The molecule has 0 bridgehead atoms. The molecule has 0 spiro atoms. The summed E-state index contributed by atoms with van der Waals surface area (Å²) >= 11 is 1.27. The van der Waals surface area contributed by atoms with E-state index in [1.54, 1.807) is 0 Å². The molecule has 4 heteroatoms. The van der Waals surface area contributed by atoms with Crippen LogP contribution in [0.3, 0.4) is 0 Å². The van der Waals surface area contributed by atoms with Crippen molar-refractivity contribution in [1.29, 1.82) is 0 Å². The van der Waals surface area contributed by atoms with Gasteiger partial charge in [0.05, 0.1) is 0 Å². The maximum atomic E-state index is 5.11. The van der Waals surface area contributed by atoms with Crippen molar-refractivity contribution in [1.82, 2.24) is 0 Å². The standard InChI is InChI=1S/C4H7O2.BrH.Zn/c1-4-5-2-3-6-4;;/h4H,1-3H2;1H;. The molecule has 45 valence electrons.